The van der Waals surface area contributed by atoms with Crippen molar-refractivity contribution in [2.45, 2.75) is 13.1 Å². The summed E-state index contributed by atoms with van der Waals surface area (Å²) in [6.07, 6.45) is 0. The number of nitrogens with one attached hydrogen (secondary N) is 2. The number of carbonyl (C=O) groups excluding carboxylic acids is 1. The molecule has 0 aromatic heterocycles. The highest BCUT2D eigenvalue weighted by molar-refractivity contribution is 6.31. The molecule has 2 aromatic carbocycles. The summed E-state index contributed by atoms with van der Waals surface area (Å²) in [7, 11) is 5.20. The first kappa shape index (κ1) is 19.1. The number of halogens is 1. The Morgan fingerprint density at radius 3 is 2.52 bits per heavy atom. The third-order valence-corrected chi connectivity index (χ3v) is 4.22. The van der Waals surface area contributed by atoms with Gasteiger partial charge in [-0.3, -0.25) is 4.79 Å². The zero-order chi connectivity index (χ0) is 18.2. The number of quaternary nitrogens is 1. The maximum absolute atomic E-state index is 12.1. The van der Waals surface area contributed by atoms with Gasteiger partial charge >= 0.3 is 0 Å². The van der Waals surface area contributed by atoms with Crippen LogP contribution in [0.25, 0.3) is 0 Å². The molecular formula is C19H24ClN2O3+. The molecule has 6 heteroatoms. The summed E-state index contributed by atoms with van der Waals surface area (Å²) < 4.78 is 10.5. The predicted molar refractivity (Wildman–Crippen MR) is 98.3 cm³/mol. The second-order valence-electron chi connectivity index (χ2n) is 5.87. The number of benzene rings is 2. The van der Waals surface area contributed by atoms with Gasteiger partial charge in [-0.05, 0) is 29.8 Å². The van der Waals surface area contributed by atoms with Crippen molar-refractivity contribution in [3.8, 4) is 11.5 Å². The van der Waals surface area contributed by atoms with Crippen molar-refractivity contribution in [1.82, 2.24) is 5.32 Å². The van der Waals surface area contributed by atoms with Gasteiger partial charge in [0.05, 0.1) is 21.3 Å². The van der Waals surface area contributed by atoms with Crippen molar-refractivity contribution in [2.24, 2.45) is 0 Å². The first-order chi connectivity index (χ1) is 12.0. The Hall–Kier alpha value is -2.24. The minimum absolute atomic E-state index is 0.0158. The van der Waals surface area contributed by atoms with Gasteiger partial charge in [-0.15, -0.1) is 0 Å². The average Bonchev–Trinajstić information content (AvgIpc) is 2.60. The minimum Gasteiger partial charge on any atom is -0.493 e. The van der Waals surface area contributed by atoms with Crippen molar-refractivity contribution < 1.29 is 19.2 Å². The van der Waals surface area contributed by atoms with Gasteiger partial charge < -0.3 is 19.7 Å². The molecule has 0 fully saturated rings. The van der Waals surface area contributed by atoms with E-state index in [-0.39, 0.29) is 5.91 Å². The predicted octanol–water partition coefficient (Wildman–Crippen LogP) is 1.69. The summed E-state index contributed by atoms with van der Waals surface area (Å²) in [5.74, 6) is 1.37. The Morgan fingerprint density at radius 1 is 1.12 bits per heavy atom. The van der Waals surface area contributed by atoms with Crippen LogP contribution < -0.4 is 19.7 Å². The SMILES string of the molecule is COc1ccc(C[NH+](C)CC(=O)NCc2ccccc2Cl)cc1OC. The molecule has 0 heterocycles. The number of hydrogen-bond acceptors (Lipinski definition) is 3. The van der Waals surface area contributed by atoms with Crippen LogP contribution in [-0.4, -0.2) is 33.7 Å². The van der Waals surface area contributed by atoms with Crippen LogP contribution in [0.15, 0.2) is 42.5 Å². The van der Waals surface area contributed by atoms with E-state index >= 15 is 0 Å². The van der Waals surface area contributed by atoms with Gasteiger partial charge in [-0.2, -0.15) is 0 Å². The van der Waals surface area contributed by atoms with E-state index in [0.29, 0.717) is 36.2 Å². The Kier molecular flexibility index (Phi) is 7.10. The fourth-order valence-corrected chi connectivity index (χ4v) is 2.78. The van der Waals surface area contributed by atoms with Crippen LogP contribution in [0.1, 0.15) is 11.1 Å². The highest BCUT2D eigenvalue weighted by Crippen LogP contribution is 2.27. The molecule has 25 heavy (non-hydrogen) atoms. The number of rotatable bonds is 8. The molecule has 0 bridgehead atoms. The third-order valence-electron chi connectivity index (χ3n) is 3.85. The maximum atomic E-state index is 12.1. The fraction of sp³-hybridized carbons (Fsp3) is 0.316. The highest BCUT2D eigenvalue weighted by atomic mass is 35.5. The highest BCUT2D eigenvalue weighted by Gasteiger charge is 2.13. The lowest BCUT2D eigenvalue weighted by atomic mass is 10.2. The van der Waals surface area contributed by atoms with E-state index in [2.05, 4.69) is 5.32 Å². The number of hydrogen-bond donors (Lipinski definition) is 2. The van der Waals surface area contributed by atoms with Crippen LogP contribution in [0.2, 0.25) is 5.02 Å². The summed E-state index contributed by atoms with van der Waals surface area (Å²) in [5.41, 5.74) is 1.99. The van der Waals surface area contributed by atoms with E-state index in [1.807, 2.05) is 49.5 Å². The minimum atomic E-state index is -0.0158. The molecule has 0 aliphatic heterocycles. The maximum Gasteiger partial charge on any atom is 0.275 e. The van der Waals surface area contributed by atoms with Crippen molar-refractivity contribution in [1.29, 1.82) is 0 Å². The number of ether oxygens (including phenoxy) is 2. The lowest BCUT2D eigenvalue weighted by Gasteiger charge is -2.15. The van der Waals surface area contributed by atoms with E-state index in [0.717, 1.165) is 16.0 Å². The summed E-state index contributed by atoms with van der Waals surface area (Å²) in [6.45, 7) is 1.51. The van der Waals surface area contributed by atoms with Gasteiger partial charge in [0.15, 0.2) is 18.0 Å². The number of likely N-dealkylation sites (N-methyl/N-ethyl adjacent to an activating group) is 1. The van der Waals surface area contributed by atoms with Crippen molar-refractivity contribution >= 4 is 17.5 Å². The largest absolute Gasteiger partial charge is 0.493 e. The van der Waals surface area contributed by atoms with Crippen LogP contribution in [0.3, 0.4) is 0 Å². The molecule has 2 rings (SSSR count). The standard InChI is InChI=1S/C19H23ClN2O3/c1-22(12-14-8-9-17(24-2)18(10-14)25-3)13-19(23)21-11-15-6-4-5-7-16(15)20/h4-10H,11-13H2,1-3H3,(H,21,23)/p+1. The molecule has 5 nitrogen and oxygen atoms in total. The normalized spacial score (nSPS) is 11.7. The smallest absolute Gasteiger partial charge is 0.275 e. The van der Waals surface area contributed by atoms with Crippen LogP contribution in [0.5, 0.6) is 11.5 Å². The number of carbonyl (C=O) groups is 1. The zero-order valence-corrected chi connectivity index (χ0v) is 15.5. The zero-order valence-electron chi connectivity index (χ0n) is 14.8. The van der Waals surface area contributed by atoms with E-state index < -0.39 is 0 Å². The lowest BCUT2D eigenvalue weighted by molar-refractivity contribution is -0.885. The molecule has 0 aliphatic carbocycles. The van der Waals surface area contributed by atoms with Crippen LogP contribution in [0.4, 0.5) is 0 Å². The Bertz CT molecular complexity index is 722. The van der Waals surface area contributed by atoms with Crippen molar-refractivity contribution in [2.75, 3.05) is 27.8 Å². The molecule has 0 radical (unpaired) electrons. The monoisotopic (exact) mass is 363 g/mol. The molecule has 2 N–H and O–H groups in total. The average molecular weight is 364 g/mol. The van der Waals surface area contributed by atoms with Crippen LogP contribution in [0, 0.1) is 0 Å². The van der Waals surface area contributed by atoms with Gasteiger partial charge in [0.1, 0.15) is 6.54 Å². The Labute approximate surface area is 153 Å². The molecule has 1 atom stereocenters. The molecule has 1 amide bonds. The third kappa shape index (κ3) is 5.66. The van der Waals surface area contributed by atoms with Crippen LogP contribution in [-0.2, 0) is 17.9 Å². The first-order valence-electron chi connectivity index (χ1n) is 8.05. The molecule has 0 aliphatic rings. The number of methoxy groups -OCH3 is 2. The quantitative estimate of drug-likeness (QED) is 0.750. The first-order valence-corrected chi connectivity index (χ1v) is 8.43. The van der Waals surface area contributed by atoms with Gasteiger partial charge in [-0.25, -0.2) is 0 Å². The van der Waals surface area contributed by atoms with Crippen molar-refractivity contribution in [3.05, 3.63) is 58.6 Å². The van der Waals surface area contributed by atoms with Gasteiger partial charge in [0, 0.05) is 17.1 Å². The molecule has 0 saturated heterocycles. The van der Waals surface area contributed by atoms with Gasteiger partial charge in [0.2, 0.25) is 0 Å². The van der Waals surface area contributed by atoms with Gasteiger partial charge in [-0.1, -0.05) is 29.8 Å². The van der Waals surface area contributed by atoms with E-state index in [4.69, 9.17) is 21.1 Å². The molecule has 2 aromatic rings. The summed E-state index contributed by atoms with van der Waals surface area (Å²) in [6, 6.07) is 13.3. The van der Waals surface area contributed by atoms with Gasteiger partial charge in [0.25, 0.3) is 5.91 Å². The molecule has 1 unspecified atom stereocenters. The summed E-state index contributed by atoms with van der Waals surface area (Å²) in [4.78, 5) is 13.2. The summed E-state index contributed by atoms with van der Waals surface area (Å²) in [5, 5.41) is 3.57. The van der Waals surface area contributed by atoms with Crippen molar-refractivity contribution in [3.63, 3.8) is 0 Å². The molecular weight excluding hydrogens is 340 g/mol. The Balaban J connectivity index is 1.86. The second-order valence-corrected chi connectivity index (χ2v) is 6.28. The van der Waals surface area contributed by atoms with E-state index in [1.54, 1.807) is 14.2 Å². The second kappa shape index (κ2) is 9.30. The number of amides is 1. The fourth-order valence-electron chi connectivity index (χ4n) is 2.57. The Morgan fingerprint density at radius 2 is 1.84 bits per heavy atom. The lowest BCUT2D eigenvalue weighted by Crippen LogP contribution is -3.08. The molecule has 0 spiro atoms. The molecule has 0 saturated carbocycles. The summed E-state index contributed by atoms with van der Waals surface area (Å²) >= 11 is 6.10. The van der Waals surface area contributed by atoms with Crippen LogP contribution >= 0.6 is 11.6 Å². The molecule has 134 valence electrons. The van der Waals surface area contributed by atoms with E-state index in [9.17, 15) is 4.79 Å². The topological polar surface area (TPSA) is 52.0 Å². The van der Waals surface area contributed by atoms with E-state index in [1.165, 1.54) is 0 Å².